The van der Waals surface area contributed by atoms with E-state index >= 15 is 0 Å². The lowest BCUT2D eigenvalue weighted by molar-refractivity contribution is 0.102. The highest BCUT2D eigenvalue weighted by Crippen LogP contribution is 2.22. The van der Waals surface area contributed by atoms with Crippen molar-refractivity contribution in [2.45, 2.75) is 4.90 Å². The van der Waals surface area contributed by atoms with Crippen molar-refractivity contribution < 1.29 is 13.2 Å². The molecule has 0 radical (unpaired) electrons. The van der Waals surface area contributed by atoms with Crippen molar-refractivity contribution in [3.8, 4) is 0 Å². The number of benzene rings is 2. The van der Waals surface area contributed by atoms with Gasteiger partial charge in [-0.2, -0.15) is 0 Å². The van der Waals surface area contributed by atoms with Crippen molar-refractivity contribution in [1.29, 1.82) is 0 Å². The summed E-state index contributed by atoms with van der Waals surface area (Å²) in [5.41, 5.74) is 1.31. The Hall–Kier alpha value is -2.73. The van der Waals surface area contributed by atoms with Crippen molar-refractivity contribution in [2.24, 2.45) is 0 Å². The molecular weight excluding hydrogens is 312 g/mol. The van der Waals surface area contributed by atoms with Gasteiger partial charge in [-0.25, -0.2) is 8.42 Å². The predicted molar refractivity (Wildman–Crippen MR) is 89.2 cm³/mol. The molecule has 2 aromatic carbocycles. The summed E-state index contributed by atoms with van der Waals surface area (Å²) >= 11 is 0. The number of carbonyl (C=O) groups is 1. The monoisotopic (exact) mass is 326 g/mol. The smallest absolute Gasteiger partial charge is 0.257 e. The lowest BCUT2D eigenvalue weighted by atomic mass is 10.1. The number of hydrogen-bond donors (Lipinski definition) is 1. The van der Waals surface area contributed by atoms with E-state index in [1.54, 1.807) is 24.4 Å². The second-order valence-electron chi connectivity index (χ2n) is 5.10. The molecule has 0 saturated carbocycles. The Balaban J connectivity index is 2.03. The van der Waals surface area contributed by atoms with Crippen LogP contribution in [-0.4, -0.2) is 25.6 Å². The number of anilines is 1. The van der Waals surface area contributed by atoms with Crippen molar-refractivity contribution in [3.63, 3.8) is 0 Å². The fourth-order valence-corrected chi connectivity index (χ4v) is 3.26. The number of fused-ring (bicyclic) bond motifs is 1. The van der Waals surface area contributed by atoms with Crippen LogP contribution in [0.15, 0.2) is 65.7 Å². The number of pyridine rings is 1. The first-order valence-electron chi connectivity index (χ1n) is 6.91. The second-order valence-corrected chi connectivity index (χ2v) is 7.09. The minimum atomic E-state index is -3.49. The molecule has 3 aromatic rings. The zero-order valence-corrected chi connectivity index (χ0v) is 13.2. The maximum atomic E-state index is 12.5. The molecule has 116 valence electrons. The number of sulfone groups is 1. The Morgan fingerprint density at radius 3 is 2.52 bits per heavy atom. The zero-order valence-electron chi connectivity index (χ0n) is 12.4. The molecule has 23 heavy (non-hydrogen) atoms. The van der Waals surface area contributed by atoms with E-state index in [-0.39, 0.29) is 10.5 Å². The molecule has 0 aliphatic carbocycles. The number of nitrogens with zero attached hydrogens (tertiary/aromatic N) is 1. The number of hydrogen-bond acceptors (Lipinski definition) is 4. The third-order valence-corrected chi connectivity index (χ3v) is 4.57. The minimum Gasteiger partial charge on any atom is -0.320 e. The first-order chi connectivity index (χ1) is 11.0. The van der Waals surface area contributed by atoms with E-state index in [0.29, 0.717) is 11.2 Å². The number of amides is 1. The standard InChI is InChI=1S/C17H14N2O3S/c1-23(21,22)15-10-3-2-8-13(15)17(20)19-14-9-4-6-12-7-5-11-18-16(12)14/h2-11H,1H3,(H,19,20). The first kappa shape index (κ1) is 15.2. The molecule has 0 spiro atoms. The van der Waals surface area contributed by atoms with Gasteiger partial charge in [-0.1, -0.05) is 30.3 Å². The summed E-state index contributed by atoms with van der Waals surface area (Å²) in [5.74, 6) is -0.482. The fraction of sp³-hybridized carbons (Fsp3) is 0.0588. The van der Waals surface area contributed by atoms with E-state index in [4.69, 9.17) is 0 Å². The fourth-order valence-electron chi connectivity index (χ4n) is 2.37. The number of rotatable bonds is 3. The number of nitrogens with one attached hydrogen (secondary N) is 1. The van der Waals surface area contributed by atoms with Crippen LogP contribution < -0.4 is 5.32 Å². The van der Waals surface area contributed by atoms with Crippen LogP contribution in [0.3, 0.4) is 0 Å². The molecule has 0 atom stereocenters. The van der Waals surface area contributed by atoms with Gasteiger partial charge in [0.25, 0.3) is 5.91 Å². The van der Waals surface area contributed by atoms with Gasteiger partial charge in [-0.05, 0) is 24.3 Å². The number of para-hydroxylation sites is 1. The molecule has 1 aromatic heterocycles. The van der Waals surface area contributed by atoms with Gasteiger partial charge in [0.1, 0.15) is 0 Å². The topological polar surface area (TPSA) is 76.1 Å². The van der Waals surface area contributed by atoms with Crippen LogP contribution in [0.1, 0.15) is 10.4 Å². The summed E-state index contributed by atoms with van der Waals surface area (Å²) in [5, 5.41) is 3.64. The van der Waals surface area contributed by atoms with E-state index in [1.807, 2.05) is 24.3 Å². The molecule has 0 fully saturated rings. The van der Waals surface area contributed by atoms with Crippen molar-refractivity contribution >= 4 is 32.3 Å². The molecule has 1 amide bonds. The van der Waals surface area contributed by atoms with Crippen LogP contribution in [0.4, 0.5) is 5.69 Å². The summed E-state index contributed by atoms with van der Waals surface area (Å²) < 4.78 is 23.7. The summed E-state index contributed by atoms with van der Waals surface area (Å²) in [6.45, 7) is 0. The van der Waals surface area contributed by atoms with E-state index < -0.39 is 15.7 Å². The quantitative estimate of drug-likeness (QED) is 0.803. The Morgan fingerprint density at radius 2 is 1.74 bits per heavy atom. The zero-order chi connectivity index (χ0) is 16.4. The van der Waals surface area contributed by atoms with Crippen molar-refractivity contribution in [2.75, 3.05) is 11.6 Å². The van der Waals surface area contributed by atoms with E-state index in [1.165, 1.54) is 12.1 Å². The summed E-state index contributed by atoms with van der Waals surface area (Å²) in [4.78, 5) is 16.8. The van der Waals surface area contributed by atoms with Gasteiger partial charge in [0.15, 0.2) is 9.84 Å². The first-order valence-corrected chi connectivity index (χ1v) is 8.80. The normalized spacial score (nSPS) is 11.3. The third-order valence-electron chi connectivity index (χ3n) is 3.41. The predicted octanol–water partition coefficient (Wildman–Crippen LogP) is 2.89. The summed E-state index contributed by atoms with van der Waals surface area (Å²) in [6, 6.07) is 15.3. The maximum absolute atomic E-state index is 12.5. The molecule has 0 bridgehead atoms. The highest BCUT2D eigenvalue weighted by Gasteiger charge is 2.18. The highest BCUT2D eigenvalue weighted by molar-refractivity contribution is 7.90. The van der Waals surface area contributed by atoms with Crippen LogP contribution in [0.2, 0.25) is 0 Å². The van der Waals surface area contributed by atoms with Crippen molar-refractivity contribution in [3.05, 3.63) is 66.4 Å². The molecule has 0 unspecified atom stereocenters. The van der Waals surface area contributed by atoms with Gasteiger partial charge >= 0.3 is 0 Å². The van der Waals surface area contributed by atoms with Gasteiger partial charge in [-0.3, -0.25) is 9.78 Å². The van der Waals surface area contributed by atoms with Gasteiger partial charge in [0, 0.05) is 17.8 Å². The number of carbonyl (C=O) groups excluding carboxylic acids is 1. The largest absolute Gasteiger partial charge is 0.320 e. The van der Waals surface area contributed by atoms with Crippen LogP contribution in [-0.2, 0) is 9.84 Å². The van der Waals surface area contributed by atoms with Crippen LogP contribution in [0, 0.1) is 0 Å². The Morgan fingerprint density at radius 1 is 1.00 bits per heavy atom. The average molecular weight is 326 g/mol. The molecule has 1 N–H and O–H groups in total. The third kappa shape index (κ3) is 3.07. The highest BCUT2D eigenvalue weighted by atomic mass is 32.2. The molecule has 6 heteroatoms. The molecule has 0 aliphatic rings. The SMILES string of the molecule is CS(=O)(=O)c1ccccc1C(=O)Nc1cccc2cccnc12. The summed E-state index contributed by atoms with van der Waals surface area (Å²) in [7, 11) is -3.49. The summed E-state index contributed by atoms with van der Waals surface area (Å²) in [6.07, 6.45) is 2.72. The van der Waals surface area contributed by atoms with E-state index in [9.17, 15) is 13.2 Å². The average Bonchev–Trinajstić information content (AvgIpc) is 2.54. The number of aromatic nitrogens is 1. The molecule has 3 rings (SSSR count). The molecule has 0 saturated heterocycles. The molecule has 5 nitrogen and oxygen atoms in total. The van der Waals surface area contributed by atoms with E-state index in [2.05, 4.69) is 10.3 Å². The molecule has 0 aliphatic heterocycles. The van der Waals surface area contributed by atoms with Gasteiger partial charge in [0.05, 0.1) is 21.7 Å². The van der Waals surface area contributed by atoms with E-state index in [0.717, 1.165) is 11.6 Å². The molecular formula is C17H14N2O3S. The lowest BCUT2D eigenvalue weighted by Crippen LogP contribution is -2.16. The Bertz CT molecular complexity index is 992. The van der Waals surface area contributed by atoms with Gasteiger partial charge < -0.3 is 5.32 Å². The Labute approximate surface area is 133 Å². The minimum absolute atomic E-state index is 0.00527. The van der Waals surface area contributed by atoms with Crippen molar-refractivity contribution in [1.82, 2.24) is 4.98 Å². The lowest BCUT2D eigenvalue weighted by Gasteiger charge is -2.10. The van der Waals surface area contributed by atoms with Crippen LogP contribution >= 0.6 is 0 Å². The molecule has 1 heterocycles. The van der Waals surface area contributed by atoms with Gasteiger partial charge in [-0.15, -0.1) is 0 Å². The second kappa shape index (κ2) is 5.81. The van der Waals surface area contributed by atoms with Crippen LogP contribution in [0.25, 0.3) is 10.9 Å². The maximum Gasteiger partial charge on any atom is 0.257 e. The van der Waals surface area contributed by atoms with Gasteiger partial charge in [0.2, 0.25) is 0 Å². The Kier molecular flexibility index (Phi) is 3.83. The van der Waals surface area contributed by atoms with Crippen LogP contribution in [0.5, 0.6) is 0 Å².